The Hall–Kier alpha value is -1.58. The number of anilines is 3. The summed E-state index contributed by atoms with van der Waals surface area (Å²) in [5.41, 5.74) is 4.58. The number of carbonyl (C=O) groups excluding carboxylic acids is 2. The maximum atomic E-state index is 13.2. The Kier molecular flexibility index (Phi) is 8.59. The van der Waals surface area contributed by atoms with Crippen LogP contribution in [-0.4, -0.2) is 37.5 Å². The minimum absolute atomic E-state index is 0. The Morgan fingerprint density at radius 2 is 1.24 bits per heavy atom. The number of rotatable bonds is 4. The standard InChI is InChI=1S/C20H14N2O8S2.2Na/c21-18-15(32(28,29)30)9-14(22-10-5-7-11(8-6-10)31(25,26)27)16-17(18)20(24)13-4-2-1-3-12(13)19(16)23;;/h1-9,22H,21H2,(H,25,26,27)(H,28,29,30);;/q;2*+1/p-2. The topological polar surface area (TPSA) is 187 Å². The van der Waals surface area contributed by atoms with E-state index < -0.39 is 52.8 Å². The summed E-state index contributed by atoms with van der Waals surface area (Å²) < 4.78 is 68.6. The van der Waals surface area contributed by atoms with Crippen molar-refractivity contribution in [3.05, 3.63) is 76.9 Å². The van der Waals surface area contributed by atoms with Gasteiger partial charge in [0.15, 0.2) is 11.6 Å². The Labute approximate surface area is 239 Å². The van der Waals surface area contributed by atoms with E-state index in [4.69, 9.17) is 5.73 Å². The molecule has 164 valence electrons. The second-order valence-electron chi connectivity index (χ2n) is 6.85. The molecule has 0 atom stereocenters. The molecule has 3 aromatic rings. The average Bonchev–Trinajstić information content (AvgIpc) is 2.72. The molecule has 3 aromatic carbocycles. The second-order valence-corrected chi connectivity index (χ2v) is 9.58. The third-order valence-electron chi connectivity index (χ3n) is 4.89. The molecule has 0 aromatic heterocycles. The summed E-state index contributed by atoms with van der Waals surface area (Å²) in [6.07, 6.45) is 0. The number of carbonyl (C=O) groups is 2. The van der Waals surface area contributed by atoms with Crippen LogP contribution in [0.25, 0.3) is 0 Å². The first kappa shape index (κ1) is 28.7. The molecule has 0 unspecified atom stereocenters. The molecule has 0 bridgehead atoms. The quantitative estimate of drug-likeness (QED) is 0.152. The summed E-state index contributed by atoms with van der Waals surface area (Å²) in [6, 6.07) is 11.1. The summed E-state index contributed by atoms with van der Waals surface area (Å²) in [5, 5.41) is 2.70. The van der Waals surface area contributed by atoms with Gasteiger partial charge in [0.1, 0.15) is 20.2 Å². The Balaban J connectivity index is 0.00000204. The van der Waals surface area contributed by atoms with Crippen molar-refractivity contribution in [1.82, 2.24) is 0 Å². The number of nitrogens with one attached hydrogen (secondary N) is 1. The van der Waals surface area contributed by atoms with Gasteiger partial charge >= 0.3 is 59.1 Å². The number of hydrogen-bond acceptors (Lipinski definition) is 10. The predicted molar refractivity (Wildman–Crippen MR) is 110 cm³/mol. The number of benzene rings is 3. The molecule has 0 spiro atoms. The minimum Gasteiger partial charge on any atom is -0.744 e. The van der Waals surface area contributed by atoms with Crippen LogP contribution in [0, 0.1) is 0 Å². The van der Waals surface area contributed by atoms with Crippen molar-refractivity contribution >= 4 is 48.9 Å². The average molecular weight is 518 g/mol. The normalized spacial score (nSPS) is 12.6. The molecule has 0 fully saturated rings. The fraction of sp³-hybridized carbons (Fsp3) is 0. The van der Waals surface area contributed by atoms with Gasteiger partial charge in [0.05, 0.1) is 32.3 Å². The van der Waals surface area contributed by atoms with Crippen LogP contribution < -0.4 is 70.2 Å². The molecular weight excluding hydrogens is 506 g/mol. The molecular formula is C20H12N2Na2O8S2. The molecule has 34 heavy (non-hydrogen) atoms. The van der Waals surface area contributed by atoms with Gasteiger partial charge in [-0.1, -0.05) is 24.3 Å². The SMILES string of the molecule is Nc1c(S(=O)(=O)[O-])cc(Nc2ccc(S(=O)(=O)[O-])cc2)c2c1C(=O)c1ccccc1C2=O.[Na+].[Na+]. The summed E-state index contributed by atoms with van der Waals surface area (Å²) in [5.74, 6) is -1.35. The maximum Gasteiger partial charge on any atom is 1.00 e. The van der Waals surface area contributed by atoms with E-state index in [1.54, 1.807) is 6.07 Å². The fourth-order valence-corrected chi connectivity index (χ4v) is 4.56. The molecule has 0 heterocycles. The molecule has 10 nitrogen and oxygen atoms in total. The van der Waals surface area contributed by atoms with Gasteiger partial charge in [0.2, 0.25) is 0 Å². The number of ketones is 2. The van der Waals surface area contributed by atoms with Crippen molar-refractivity contribution in [2.24, 2.45) is 0 Å². The number of nitrogens with two attached hydrogens (primary N) is 1. The van der Waals surface area contributed by atoms with Crippen LogP contribution in [-0.2, 0) is 20.2 Å². The molecule has 4 rings (SSSR count). The first-order chi connectivity index (χ1) is 14.9. The van der Waals surface area contributed by atoms with Gasteiger partial charge in [-0.2, -0.15) is 0 Å². The van der Waals surface area contributed by atoms with E-state index in [0.717, 1.165) is 18.2 Å². The largest absolute Gasteiger partial charge is 1.00 e. The Bertz CT molecular complexity index is 1540. The Morgan fingerprint density at radius 3 is 1.71 bits per heavy atom. The Morgan fingerprint density at radius 1 is 0.735 bits per heavy atom. The van der Waals surface area contributed by atoms with Crippen LogP contribution >= 0.6 is 0 Å². The molecule has 0 aliphatic heterocycles. The van der Waals surface area contributed by atoms with E-state index in [0.29, 0.717) is 0 Å². The molecule has 0 saturated heterocycles. The van der Waals surface area contributed by atoms with E-state index in [1.807, 2.05) is 0 Å². The molecule has 14 heteroatoms. The molecule has 0 saturated carbocycles. The van der Waals surface area contributed by atoms with Crippen molar-refractivity contribution < 1.29 is 94.6 Å². The van der Waals surface area contributed by atoms with Gasteiger partial charge < -0.3 is 20.2 Å². The van der Waals surface area contributed by atoms with E-state index in [9.17, 15) is 35.5 Å². The number of fused-ring (bicyclic) bond motifs is 2. The third-order valence-corrected chi connectivity index (χ3v) is 6.62. The van der Waals surface area contributed by atoms with Crippen molar-refractivity contribution in [2.45, 2.75) is 9.79 Å². The van der Waals surface area contributed by atoms with Crippen LogP contribution in [0.15, 0.2) is 64.4 Å². The number of nitrogen functional groups attached to an aromatic ring is 1. The number of hydrogen-bond donors (Lipinski definition) is 2. The summed E-state index contributed by atoms with van der Waals surface area (Å²) >= 11 is 0. The third kappa shape index (κ3) is 5.16. The second kappa shape index (κ2) is 10.2. The van der Waals surface area contributed by atoms with Crippen LogP contribution in [0.2, 0.25) is 0 Å². The van der Waals surface area contributed by atoms with Crippen LogP contribution in [0.5, 0.6) is 0 Å². The molecule has 1 aliphatic rings. The van der Waals surface area contributed by atoms with E-state index >= 15 is 0 Å². The molecule has 0 amide bonds. The summed E-state index contributed by atoms with van der Waals surface area (Å²) in [7, 11) is -9.83. The van der Waals surface area contributed by atoms with Crippen molar-refractivity contribution in [1.29, 1.82) is 0 Å². The smallest absolute Gasteiger partial charge is 0.744 e. The van der Waals surface area contributed by atoms with E-state index in [1.165, 1.54) is 30.3 Å². The van der Waals surface area contributed by atoms with Crippen LogP contribution in [0.4, 0.5) is 17.1 Å². The van der Waals surface area contributed by atoms with E-state index in [2.05, 4.69) is 5.32 Å². The molecule has 0 radical (unpaired) electrons. The van der Waals surface area contributed by atoms with Crippen molar-refractivity contribution in [3.8, 4) is 0 Å². The van der Waals surface area contributed by atoms with Crippen LogP contribution in [0.1, 0.15) is 31.8 Å². The van der Waals surface area contributed by atoms with Crippen LogP contribution in [0.3, 0.4) is 0 Å². The van der Waals surface area contributed by atoms with E-state index in [-0.39, 0.29) is 87.2 Å². The van der Waals surface area contributed by atoms with Crippen molar-refractivity contribution in [2.75, 3.05) is 11.1 Å². The van der Waals surface area contributed by atoms with Gasteiger partial charge in [-0.05, 0) is 30.3 Å². The monoisotopic (exact) mass is 518 g/mol. The summed E-state index contributed by atoms with van der Waals surface area (Å²) in [6.45, 7) is 0. The fourth-order valence-electron chi connectivity index (χ4n) is 3.46. The van der Waals surface area contributed by atoms with Crippen molar-refractivity contribution in [3.63, 3.8) is 0 Å². The van der Waals surface area contributed by atoms with Gasteiger partial charge in [0, 0.05) is 16.8 Å². The first-order valence-electron chi connectivity index (χ1n) is 8.83. The zero-order valence-electron chi connectivity index (χ0n) is 17.9. The minimum atomic E-state index is -5.13. The zero-order valence-corrected chi connectivity index (χ0v) is 23.5. The van der Waals surface area contributed by atoms with Gasteiger partial charge in [-0.3, -0.25) is 9.59 Å². The molecule has 1 aliphatic carbocycles. The summed E-state index contributed by atoms with van der Waals surface area (Å²) in [4.78, 5) is 24.8. The molecule has 3 N–H and O–H groups in total. The zero-order chi connectivity index (χ0) is 23.4. The first-order valence-corrected chi connectivity index (χ1v) is 11.6. The van der Waals surface area contributed by atoms with Gasteiger partial charge in [-0.25, -0.2) is 16.8 Å². The van der Waals surface area contributed by atoms with Gasteiger partial charge in [0.25, 0.3) is 0 Å². The van der Waals surface area contributed by atoms with Gasteiger partial charge in [-0.15, -0.1) is 0 Å². The predicted octanol–water partition coefficient (Wildman–Crippen LogP) is -4.40. The maximum absolute atomic E-state index is 13.2.